The molecule has 0 radical (unpaired) electrons. The van der Waals surface area contributed by atoms with Crippen LogP contribution in [0.25, 0.3) is 0 Å². The molecule has 3 atom stereocenters. The third-order valence-electron chi connectivity index (χ3n) is 5.60. The number of carbonyl (C=O) groups excluding carboxylic acids is 1. The second kappa shape index (κ2) is 9.47. The number of aliphatic hydroxyl groups excluding tert-OH is 1. The molecule has 1 aliphatic rings. The van der Waals surface area contributed by atoms with Crippen LogP contribution in [0.3, 0.4) is 0 Å². The van der Waals surface area contributed by atoms with Crippen molar-refractivity contribution in [1.82, 2.24) is 24.9 Å². The van der Waals surface area contributed by atoms with Gasteiger partial charge in [0.25, 0.3) is 0 Å². The van der Waals surface area contributed by atoms with E-state index in [9.17, 15) is 18.3 Å². The summed E-state index contributed by atoms with van der Waals surface area (Å²) in [6.07, 6.45) is 5.15. The molecule has 0 amide bonds. The maximum Gasteiger partial charge on any atom is 0.333 e. The van der Waals surface area contributed by atoms with E-state index < -0.39 is 16.4 Å². The smallest absolute Gasteiger partial charge is 0.333 e. The van der Waals surface area contributed by atoms with Crippen molar-refractivity contribution < 1.29 is 27.0 Å². The van der Waals surface area contributed by atoms with Crippen LogP contribution in [0.5, 0.6) is 0 Å². The quantitative estimate of drug-likeness (QED) is 0.411. The number of rotatable bonds is 9. The number of hydrogen-bond donors (Lipinski definition) is 2. The number of nitrogens with zero attached hydrogens (tertiary/aromatic N) is 5. The van der Waals surface area contributed by atoms with E-state index in [0.717, 1.165) is 0 Å². The Morgan fingerprint density at radius 2 is 2.21 bits per heavy atom. The van der Waals surface area contributed by atoms with E-state index in [1.807, 2.05) is 0 Å². The van der Waals surface area contributed by atoms with Gasteiger partial charge in [-0.2, -0.15) is 13.5 Å². The van der Waals surface area contributed by atoms with Gasteiger partial charge in [-0.05, 0) is 38.2 Å². The first-order chi connectivity index (χ1) is 15.7. The predicted octanol–water partition coefficient (Wildman–Crippen LogP) is 0.399. The second-order valence-corrected chi connectivity index (χ2v) is 9.41. The van der Waals surface area contributed by atoms with Gasteiger partial charge in [-0.15, -0.1) is 0 Å². The Kier molecular flexibility index (Phi) is 6.65. The van der Waals surface area contributed by atoms with Crippen molar-refractivity contribution >= 4 is 16.1 Å². The Bertz CT molecular complexity index is 1240. The average Bonchev–Trinajstić information content (AvgIpc) is 3.47. The highest BCUT2D eigenvalue weighted by Gasteiger charge is 2.35. The van der Waals surface area contributed by atoms with Gasteiger partial charge in [0.15, 0.2) is 0 Å². The zero-order valence-corrected chi connectivity index (χ0v) is 18.7. The van der Waals surface area contributed by atoms with Crippen molar-refractivity contribution in [2.24, 2.45) is 17.0 Å². The summed E-state index contributed by atoms with van der Waals surface area (Å²) in [5, 5.41) is 23.4. The second-order valence-electron chi connectivity index (χ2n) is 8.19. The Hall–Kier alpha value is -3.00. The zero-order valence-electron chi connectivity index (χ0n) is 17.9. The van der Waals surface area contributed by atoms with Crippen LogP contribution >= 0.6 is 0 Å². The molecule has 0 unspecified atom stereocenters. The standard InChI is InChI=1S/C20H24N6O6S/c1-12-4-15(25-32-12)9-26-3-2-17(24-26)20(28)16-8-22-11-23-18(16)6-13-5-14(19(27)7-13)10-31-33(21,29)30/h2-4,8,11,13-14,19,27H,5-7,9-10H2,1H3,(H2,21,29,30)/t13-,14+,19-/m0/s1. The van der Waals surface area contributed by atoms with Gasteiger partial charge in [-0.25, -0.2) is 15.1 Å². The van der Waals surface area contributed by atoms with Gasteiger partial charge in [-0.3, -0.25) is 13.7 Å². The molecule has 176 valence electrons. The number of nitrogens with two attached hydrogens (primary N) is 1. The molecular formula is C20H24N6O6S. The summed E-state index contributed by atoms with van der Waals surface area (Å²) in [5.74, 6) is -0.00275. The molecule has 33 heavy (non-hydrogen) atoms. The summed E-state index contributed by atoms with van der Waals surface area (Å²) in [6.45, 7) is 1.98. The molecule has 0 aromatic carbocycles. The summed E-state index contributed by atoms with van der Waals surface area (Å²) in [6, 6.07) is 3.41. The average molecular weight is 477 g/mol. The fourth-order valence-electron chi connectivity index (χ4n) is 4.09. The third kappa shape index (κ3) is 5.87. The van der Waals surface area contributed by atoms with Crippen LogP contribution in [-0.2, 0) is 27.5 Å². The van der Waals surface area contributed by atoms with Gasteiger partial charge in [0.1, 0.15) is 23.5 Å². The fraction of sp³-hybridized carbons (Fsp3) is 0.450. The molecule has 3 N–H and O–H groups in total. The first-order valence-electron chi connectivity index (χ1n) is 10.3. The third-order valence-corrected chi connectivity index (χ3v) is 6.06. The van der Waals surface area contributed by atoms with Crippen LogP contribution in [0.2, 0.25) is 0 Å². The van der Waals surface area contributed by atoms with Crippen LogP contribution in [0.1, 0.15) is 46.0 Å². The molecule has 1 aliphatic carbocycles. The Balaban J connectivity index is 1.44. The van der Waals surface area contributed by atoms with Gasteiger partial charge in [-0.1, -0.05) is 5.16 Å². The maximum atomic E-state index is 13.1. The summed E-state index contributed by atoms with van der Waals surface area (Å²) >= 11 is 0. The normalized spacial score (nSPS) is 20.9. The molecular weight excluding hydrogens is 452 g/mol. The fourth-order valence-corrected chi connectivity index (χ4v) is 4.46. The molecule has 0 saturated heterocycles. The highest BCUT2D eigenvalue weighted by atomic mass is 32.2. The summed E-state index contributed by atoms with van der Waals surface area (Å²) in [7, 11) is -4.07. The lowest BCUT2D eigenvalue weighted by Crippen LogP contribution is -2.24. The lowest BCUT2D eigenvalue weighted by atomic mass is 9.96. The van der Waals surface area contributed by atoms with Gasteiger partial charge in [0.2, 0.25) is 5.78 Å². The van der Waals surface area contributed by atoms with Crippen LogP contribution in [0.15, 0.2) is 35.4 Å². The van der Waals surface area contributed by atoms with E-state index in [-0.39, 0.29) is 29.9 Å². The molecule has 1 fully saturated rings. The van der Waals surface area contributed by atoms with Crippen LogP contribution < -0.4 is 5.14 Å². The number of ketones is 1. The number of hydrogen-bond acceptors (Lipinski definition) is 10. The Labute approximate surface area is 190 Å². The van der Waals surface area contributed by atoms with Gasteiger partial charge in [0, 0.05) is 24.4 Å². The topological polar surface area (TPSA) is 176 Å². The maximum absolute atomic E-state index is 13.1. The molecule has 13 heteroatoms. The van der Waals surface area contributed by atoms with Crippen molar-refractivity contribution in [3.8, 4) is 0 Å². The van der Waals surface area contributed by atoms with Crippen molar-refractivity contribution in [1.29, 1.82) is 0 Å². The molecule has 12 nitrogen and oxygen atoms in total. The van der Waals surface area contributed by atoms with Crippen molar-refractivity contribution in [2.75, 3.05) is 6.61 Å². The number of aliphatic hydroxyl groups is 1. The SMILES string of the molecule is Cc1cc(Cn2ccc(C(=O)c3cncnc3C[C@@H]3C[C@H](COS(N)(=O)=O)[C@@H](O)C3)n2)no1. The molecule has 0 spiro atoms. The van der Waals surface area contributed by atoms with E-state index in [1.54, 1.807) is 29.9 Å². The number of aryl methyl sites for hydroxylation is 1. The van der Waals surface area contributed by atoms with Gasteiger partial charge < -0.3 is 9.63 Å². The minimum absolute atomic E-state index is 0.0107. The van der Waals surface area contributed by atoms with Gasteiger partial charge in [0.05, 0.1) is 30.5 Å². The minimum Gasteiger partial charge on any atom is -0.393 e. The molecule has 3 aromatic rings. The lowest BCUT2D eigenvalue weighted by molar-refractivity contribution is 0.100. The molecule has 4 rings (SSSR count). The van der Waals surface area contributed by atoms with E-state index >= 15 is 0 Å². The Morgan fingerprint density at radius 1 is 1.39 bits per heavy atom. The first-order valence-corrected chi connectivity index (χ1v) is 11.8. The number of carbonyl (C=O) groups is 1. The summed E-state index contributed by atoms with van der Waals surface area (Å²) in [5.41, 5.74) is 1.82. The molecule has 0 aliphatic heterocycles. The van der Waals surface area contributed by atoms with E-state index in [2.05, 4.69) is 24.4 Å². The summed E-state index contributed by atoms with van der Waals surface area (Å²) in [4.78, 5) is 21.4. The van der Waals surface area contributed by atoms with Crippen LogP contribution in [-0.4, -0.2) is 56.9 Å². The summed E-state index contributed by atoms with van der Waals surface area (Å²) < 4.78 is 33.3. The lowest BCUT2D eigenvalue weighted by Gasteiger charge is -2.13. The van der Waals surface area contributed by atoms with E-state index in [4.69, 9.17) is 9.66 Å². The molecule has 0 bridgehead atoms. The molecule has 3 aromatic heterocycles. The van der Waals surface area contributed by atoms with Gasteiger partial charge >= 0.3 is 10.3 Å². The molecule has 3 heterocycles. The van der Waals surface area contributed by atoms with E-state index in [1.165, 1.54) is 12.5 Å². The van der Waals surface area contributed by atoms with Crippen molar-refractivity contribution in [2.45, 2.75) is 38.8 Å². The minimum atomic E-state index is -4.07. The molecule has 1 saturated carbocycles. The zero-order chi connectivity index (χ0) is 23.6. The monoisotopic (exact) mass is 476 g/mol. The Morgan fingerprint density at radius 3 is 2.94 bits per heavy atom. The highest BCUT2D eigenvalue weighted by molar-refractivity contribution is 7.84. The predicted molar refractivity (Wildman–Crippen MR) is 113 cm³/mol. The number of aromatic nitrogens is 5. The van der Waals surface area contributed by atoms with E-state index in [0.29, 0.717) is 48.5 Å². The van der Waals surface area contributed by atoms with Crippen molar-refractivity contribution in [3.05, 3.63) is 59.3 Å². The van der Waals surface area contributed by atoms with Crippen molar-refractivity contribution in [3.63, 3.8) is 0 Å². The van der Waals surface area contributed by atoms with Crippen LogP contribution in [0, 0.1) is 18.8 Å². The first kappa shape index (κ1) is 23.2. The highest BCUT2D eigenvalue weighted by Crippen LogP contribution is 2.34. The largest absolute Gasteiger partial charge is 0.393 e. The van der Waals surface area contributed by atoms with Crippen LogP contribution in [0.4, 0.5) is 0 Å².